The molecular formula is C19H19N3O6. The lowest BCUT2D eigenvalue weighted by Crippen LogP contribution is -2.35. The Morgan fingerprint density at radius 1 is 1.00 bits per heavy atom. The summed E-state index contributed by atoms with van der Waals surface area (Å²) >= 11 is 0. The molecular weight excluding hydrogens is 366 g/mol. The summed E-state index contributed by atoms with van der Waals surface area (Å²) < 4.78 is 4.78. The molecule has 0 aliphatic rings. The van der Waals surface area contributed by atoms with Crippen LogP contribution in [0.25, 0.3) is 0 Å². The first-order valence-corrected chi connectivity index (χ1v) is 8.33. The Kier molecular flexibility index (Phi) is 6.80. The third-order valence-corrected chi connectivity index (χ3v) is 3.85. The SMILES string of the molecule is Cc1cccc(C)c1NC(=O)CNC(=O)COC(=O)c1ccccc1[N+](=O)[O-]. The zero-order chi connectivity index (χ0) is 20.7. The molecule has 0 aromatic heterocycles. The van der Waals surface area contributed by atoms with Gasteiger partial charge in [-0.05, 0) is 31.0 Å². The molecule has 0 saturated carbocycles. The number of rotatable bonds is 7. The van der Waals surface area contributed by atoms with Crippen LogP contribution in [0.5, 0.6) is 0 Å². The molecule has 2 N–H and O–H groups in total. The van der Waals surface area contributed by atoms with E-state index in [9.17, 15) is 24.5 Å². The molecule has 146 valence electrons. The lowest BCUT2D eigenvalue weighted by atomic mass is 10.1. The van der Waals surface area contributed by atoms with E-state index in [1.165, 1.54) is 18.2 Å². The van der Waals surface area contributed by atoms with Crippen molar-refractivity contribution < 1.29 is 24.0 Å². The Labute approximate surface area is 160 Å². The fourth-order valence-corrected chi connectivity index (χ4v) is 2.44. The zero-order valence-electron chi connectivity index (χ0n) is 15.4. The van der Waals surface area contributed by atoms with Gasteiger partial charge in [-0.1, -0.05) is 30.3 Å². The van der Waals surface area contributed by atoms with Crippen LogP contribution in [0.4, 0.5) is 11.4 Å². The standard InChI is InChI=1S/C19H19N3O6/c1-12-6-5-7-13(2)18(12)21-16(23)10-20-17(24)11-28-19(25)14-8-3-4-9-15(14)22(26)27/h3-9H,10-11H2,1-2H3,(H,20,24)(H,21,23). The fraction of sp³-hybridized carbons (Fsp3) is 0.211. The van der Waals surface area contributed by atoms with Crippen molar-refractivity contribution >= 4 is 29.2 Å². The van der Waals surface area contributed by atoms with E-state index < -0.39 is 35.0 Å². The van der Waals surface area contributed by atoms with Crippen molar-refractivity contribution in [2.45, 2.75) is 13.8 Å². The highest BCUT2D eigenvalue weighted by molar-refractivity contribution is 5.97. The summed E-state index contributed by atoms with van der Waals surface area (Å²) in [5.41, 5.74) is 1.77. The van der Waals surface area contributed by atoms with Gasteiger partial charge in [0.1, 0.15) is 5.56 Å². The quantitative estimate of drug-likeness (QED) is 0.427. The highest BCUT2D eigenvalue weighted by Gasteiger charge is 2.21. The molecule has 0 aliphatic carbocycles. The molecule has 0 unspecified atom stereocenters. The van der Waals surface area contributed by atoms with Gasteiger partial charge < -0.3 is 15.4 Å². The predicted octanol–water partition coefficient (Wildman–Crippen LogP) is 2.12. The molecule has 2 aromatic carbocycles. The molecule has 0 fully saturated rings. The Morgan fingerprint density at radius 3 is 2.29 bits per heavy atom. The third kappa shape index (κ3) is 5.37. The Morgan fingerprint density at radius 2 is 1.64 bits per heavy atom. The average molecular weight is 385 g/mol. The van der Waals surface area contributed by atoms with Crippen LogP contribution in [0, 0.1) is 24.0 Å². The first-order chi connectivity index (χ1) is 13.3. The highest BCUT2D eigenvalue weighted by atomic mass is 16.6. The summed E-state index contributed by atoms with van der Waals surface area (Å²) in [4.78, 5) is 45.9. The summed E-state index contributed by atoms with van der Waals surface area (Å²) in [6, 6.07) is 10.8. The average Bonchev–Trinajstić information content (AvgIpc) is 2.67. The number of ether oxygens (including phenoxy) is 1. The summed E-state index contributed by atoms with van der Waals surface area (Å²) in [5.74, 6) is -2.14. The first kappa shape index (κ1) is 20.6. The van der Waals surface area contributed by atoms with Crippen molar-refractivity contribution in [1.29, 1.82) is 0 Å². The number of carbonyl (C=O) groups is 3. The number of aryl methyl sites for hydroxylation is 2. The van der Waals surface area contributed by atoms with Crippen molar-refractivity contribution in [3.05, 3.63) is 69.3 Å². The van der Waals surface area contributed by atoms with Gasteiger partial charge in [0.15, 0.2) is 6.61 Å². The van der Waals surface area contributed by atoms with E-state index in [-0.39, 0.29) is 12.1 Å². The molecule has 2 aromatic rings. The second-order valence-corrected chi connectivity index (χ2v) is 5.94. The molecule has 0 atom stereocenters. The van der Waals surface area contributed by atoms with Gasteiger partial charge in [-0.2, -0.15) is 0 Å². The van der Waals surface area contributed by atoms with Gasteiger partial charge >= 0.3 is 5.97 Å². The Hall–Kier alpha value is -3.75. The Balaban J connectivity index is 1.84. The molecule has 2 rings (SSSR count). The number of nitro groups is 1. The van der Waals surface area contributed by atoms with Gasteiger partial charge in [-0.3, -0.25) is 19.7 Å². The zero-order valence-corrected chi connectivity index (χ0v) is 15.4. The number of benzene rings is 2. The van der Waals surface area contributed by atoms with E-state index in [2.05, 4.69) is 10.6 Å². The Bertz CT molecular complexity index is 905. The topological polar surface area (TPSA) is 128 Å². The molecule has 0 radical (unpaired) electrons. The number of nitrogens with zero attached hydrogens (tertiary/aromatic N) is 1. The summed E-state index contributed by atoms with van der Waals surface area (Å²) in [7, 11) is 0. The molecule has 0 heterocycles. The monoisotopic (exact) mass is 385 g/mol. The number of carbonyl (C=O) groups excluding carboxylic acids is 3. The minimum atomic E-state index is -0.998. The number of anilines is 1. The van der Waals surface area contributed by atoms with E-state index >= 15 is 0 Å². The second-order valence-electron chi connectivity index (χ2n) is 5.94. The first-order valence-electron chi connectivity index (χ1n) is 8.33. The van der Waals surface area contributed by atoms with Crippen LogP contribution in [-0.2, 0) is 14.3 Å². The number of para-hydroxylation sites is 2. The van der Waals surface area contributed by atoms with Crippen LogP contribution in [0.1, 0.15) is 21.5 Å². The number of nitro benzene ring substituents is 1. The number of hydrogen-bond acceptors (Lipinski definition) is 6. The maximum absolute atomic E-state index is 12.0. The number of hydrogen-bond donors (Lipinski definition) is 2. The van der Waals surface area contributed by atoms with Crippen LogP contribution in [0.3, 0.4) is 0 Å². The fourth-order valence-electron chi connectivity index (χ4n) is 2.44. The van der Waals surface area contributed by atoms with E-state index in [1.807, 2.05) is 32.0 Å². The van der Waals surface area contributed by atoms with Crippen LogP contribution in [0.15, 0.2) is 42.5 Å². The molecule has 9 heteroatoms. The number of esters is 1. The van der Waals surface area contributed by atoms with E-state index in [1.54, 1.807) is 0 Å². The van der Waals surface area contributed by atoms with Crippen LogP contribution >= 0.6 is 0 Å². The second kappa shape index (κ2) is 9.26. The largest absolute Gasteiger partial charge is 0.452 e. The molecule has 0 saturated heterocycles. The van der Waals surface area contributed by atoms with E-state index in [0.29, 0.717) is 5.69 Å². The maximum atomic E-state index is 12.0. The molecule has 2 amide bonds. The maximum Gasteiger partial charge on any atom is 0.345 e. The normalized spacial score (nSPS) is 10.1. The summed E-state index contributed by atoms with van der Waals surface area (Å²) in [6.45, 7) is 2.73. The van der Waals surface area contributed by atoms with Gasteiger partial charge in [-0.25, -0.2) is 4.79 Å². The summed E-state index contributed by atoms with van der Waals surface area (Å²) in [5, 5.41) is 15.9. The highest BCUT2D eigenvalue weighted by Crippen LogP contribution is 2.19. The molecule has 9 nitrogen and oxygen atoms in total. The van der Waals surface area contributed by atoms with Crippen molar-refractivity contribution in [1.82, 2.24) is 5.32 Å². The van der Waals surface area contributed by atoms with Gasteiger partial charge in [0.05, 0.1) is 11.5 Å². The lowest BCUT2D eigenvalue weighted by Gasteiger charge is -2.12. The van der Waals surface area contributed by atoms with Crippen LogP contribution in [0.2, 0.25) is 0 Å². The van der Waals surface area contributed by atoms with Crippen molar-refractivity contribution in [3.8, 4) is 0 Å². The van der Waals surface area contributed by atoms with Crippen molar-refractivity contribution in [3.63, 3.8) is 0 Å². The minimum Gasteiger partial charge on any atom is -0.452 e. The smallest absolute Gasteiger partial charge is 0.345 e. The van der Waals surface area contributed by atoms with E-state index in [0.717, 1.165) is 17.2 Å². The van der Waals surface area contributed by atoms with Gasteiger partial charge in [0.25, 0.3) is 11.6 Å². The van der Waals surface area contributed by atoms with Crippen LogP contribution < -0.4 is 10.6 Å². The van der Waals surface area contributed by atoms with Gasteiger partial charge in [0.2, 0.25) is 5.91 Å². The lowest BCUT2D eigenvalue weighted by molar-refractivity contribution is -0.385. The molecule has 0 spiro atoms. The van der Waals surface area contributed by atoms with Gasteiger partial charge in [0, 0.05) is 11.8 Å². The molecule has 0 bridgehead atoms. The minimum absolute atomic E-state index is 0.256. The number of nitrogens with one attached hydrogen (secondary N) is 2. The summed E-state index contributed by atoms with van der Waals surface area (Å²) in [6.07, 6.45) is 0. The molecule has 0 aliphatic heterocycles. The predicted molar refractivity (Wildman–Crippen MR) is 101 cm³/mol. The molecule has 28 heavy (non-hydrogen) atoms. The van der Waals surface area contributed by atoms with Gasteiger partial charge in [-0.15, -0.1) is 0 Å². The third-order valence-electron chi connectivity index (χ3n) is 3.85. The van der Waals surface area contributed by atoms with E-state index in [4.69, 9.17) is 4.74 Å². The van der Waals surface area contributed by atoms with Crippen molar-refractivity contribution in [2.75, 3.05) is 18.5 Å². The number of amides is 2. The van der Waals surface area contributed by atoms with Crippen molar-refractivity contribution in [2.24, 2.45) is 0 Å². The van der Waals surface area contributed by atoms with Crippen LogP contribution in [-0.4, -0.2) is 35.9 Å².